The van der Waals surface area contributed by atoms with Crippen LogP contribution < -0.4 is 5.01 Å². The van der Waals surface area contributed by atoms with Gasteiger partial charge in [-0.05, 0) is 51.0 Å². The number of aryl methyl sites for hydroxylation is 2. The first kappa shape index (κ1) is 18.5. The highest BCUT2D eigenvalue weighted by Crippen LogP contribution is 2.43. The van der Waals surface area contributed by atoms with E-state index >= 15 is 0 Å². The number of esters is 1. The van der Waals surface area contributed by atoms with Crippen molar-refractivity contribution >= 4 is 29.0 Å². The Balaban J connectivity index is 2.10. The highest BCUT2D eigenvalue weighted by molar-refractivity contribution is 6.38. The number of halogens is 1. The lowest BCUT2D eigenvalue weighted by atomic mass is 9.86. The molecule has 136 valence electrons. The predicted molar refractivity (Wildman–Crippen MR) is 106 cm³/mol. The van der Waals surface area contributed by atoms with Crippen LogP contribution in [0.2, 0.25) is 5.02 Å². The van der Waals surface area contributed by atoms with E-state index in [4.69, 9.17) is 16.3 Å². The van der Waals surface area contributed by atoms with Crippen molar-refractivity contribution in [2.75, 3.05) is 11.6 Å². The highest BCUT2D eigenvalue weighted by Gasteiger charge is 2.44. The molecule has 0 amide bonds. The average molecular weight is 371 g/mol. The maximum Gasteiger partial charge on any atom is 0.354 e. The van der Waals surface area contributed by atoms with E-state index in [0.29, 0.717) is 23.8 Å². The van der Waals surface area contributed by atoms with Gasteiger partial charge >= 0.3 is 5.97 Å². The number of benzene rings is 2. The molecule has 3 rings (SSSR count). The number of ether oxygens (including phenoxy) is 1. The maximum absolute atomic E-state index is 12.3. The van der Waals surface area contributed by atoms with E-state index in [2.05, 4.69) is 43.2 Å². The first-order valence-electron chi connectivity index (χ1n) is 8.73. The largest absolute Gasteiger partial charge is 0.461 e. The van der Waals surface area contributed by atoms with Crippen molar-refractivity contribution < 1.29 is 9.53 Å². The highest BCUT2D eigenvalue weighted by atomic mass is 35.5. The van der Waals surface area contributed by atoms with Crippen molar-refractivity contribution in [2.45, 2.75) is 39.7 Å². The fraction of sp³-hybridized carbons (Fsp3) is 0.333. The second-order valence-electron chi connectivity index (χ2n) is 6.85. The molecule has 1 atom stereocenters. The zero-order chi connectivity index (χ0) is 18.9. The van der Waals surface area contributed by atoms with Crippen LogP contribution in [0.5, 0.6) is 0 Å². The van der Waals surface area contributed by atoms with Crippen LogP contribution in [0.3, 0.4) is 0 Å². The number of hydrazone groups is 1. The minimum Gasteiger partial charge on any atom is -0.461 e. The third kappa shape index (κ3) is 3.34. The molecule has 26 heavy (non-hydrogen) atoms. The molecule has 2 aromatic carbocycles. The SMILES string of the molecule is CCOC(=O)C1=NN(c2ccc(C)cc2Cl)C(C)(c2ccc(C)cc2)C1. The van der Waals surface area contributed by atoms with Crippen LogP contribution in [0.15, 0.2) is 47.6 Å². The molecule has 2 aromatic rings. The summed E-state index contributed by atoms with van der Waals surface area (Å²) in [6.07, 6.45) is 0.457. The average Bonchev–Trinajstić information content (AvgIpc) is 2.94. The summed E-state index contributed by atoms with van der Waals surface area (Å²) in [7, 11) is 0. The van der Waals surface area contributed by atoms with Gasteiger partial charge in [0.05, 0.1) is 22.9 Å². The third-order valence-electron chi connectivity index (χ3n) is 4.72. The van der Waals surface area contributed by atoms with E-state index in [1.165, 1.54) is 5.56 Å². The Morgan fingerprint density at radius 2 is 1.85 bits per heavy atom. The van der Waals surface area contributed by atoms with E-state index in [9.17, 15) is 4.79 Å². The molecule has 0 spiro atoms. The summed E-state index contributed by atoms with van der Waals surface area (Å²) in [5, 5.41) is 7.07. The number of anilines is 1. The van der Waals surface area contributed by atoms with Crippen molar-refractivity contribution in [3.05, 3.63) is 64.2 Å². The molecule has 0 saturated carbocycles. The molecule has 0 saturated heterocycles. The van der Waals surface area contributed by atoms with Crippen LogP contribution in [-0.4, -0.2) is 18.3 Å². The minimum absolute atomic E-state index is 0.324. The van der Waals surface area contributed by atoms with E-state index < -0.39 is 5.54 Å². The number of hydrogen-bond donors (Lipinski definition) is 0. The Morgan fingerprint density at radius 1 is 1.19 bits per heavy atom. The number of rotatable bonds is 4. The lowest BCUT2D eigenvalue weighted by Gasteiger charge is -2.35. The summed E-state index contributed by atoms with van der Waals surface area (Å²) in [5.74, 6) is -0.378. The molecule has 5 heteroatoms. The zero-order valence-electron chi connectivity index (χ0n) is 15.5. The molecule has 0 bridgehead atoms. The Bertz CT molecular complexity index is 861. The van der Waals surface area contributed by atoms with Gasteiger partial charge in [0, 0.05) is 6.42 Å². The first-order chi connectivity index (χ1) is 12.3. The zero-order valence-corrected chi connectivity index (χ0v) is 16.3. The van der Waals surface area contributed by atoms with E-state index in [0.717, 1.165) is 16.8 Å². The van der Waals surface area contributed by atoms with E-state index in [1.54, 1.807) is 6.92 Å². The summed E-state index contributed by atoms with van der Waals surface area (Å²) in [6.45, 7) is 8.23. The summed E-state index contributed by atoms with van der Waals surface area (Å²) in [4.78, 5) is 12.3. The van der Waals surface area contributed by atoms with Crippen molar-refractivity contribution in [1.82, 2.24) is 0 Å². The number of nitrogens with zero attached hydrogens (tertiary/aromatic N) is 2. The molecule has 1 aliphatic heterocycles. The van der Waals surface area contributed by atoms with Gasteiger partial charge in [-0.2, -0.15) is 5.10 Å². The van der Waals surface area contributed by atoms with E-state index in [-0.39, 0.29) is 5.97 Å². The van der Waals surface area contributed by atoms with Crippen LogP contribution >= 0.6 is 11.6 Å². The molecule has 0 N–H and O–H groups in total. The van der Waals surface area contributed by atoms with Gasteiger partial charge in [-0.3, -0.25) is 5.01 Å². The molecular weight excluding hydrogens is 348 g/mol. The minimum atomic E-state index is -0.519. The molecule has 1 unspecified atom stereocenters. The molecule has 0 aromatic heterocycles. The molecule has 1 heterocycles. The van der Waals surface area contributed by atoms with Crippen molar-refractivity contribution in [3.8, 4) is 0 Å². The third-order valence-corrected chi connectivity index (χ3v) is 5.02. The Morgan fingerprint density at radius 3 is 2.46 bits per heavy atom. The number of carbonyl (C=O) groups is 1. The lowest BCUT2D eigenvalue weighted by molar-refractivity contribution is -0.135. The molecule has 0 radical (unpaired) electrons. The smallest absolute Gasteiger partial charge is 0.354 e. The lowest BCUT2D eigenvalue weighted by Crippen LogP contribution is -2.37. The van der Waals surface area contributed by atoms with Crippen molar-refractivity contribution in [3.63, 3.8) is 0 Å². The standard InChI is InChI=1S/C21H23ClN2O2/c1-5-26-20(25)18-13-21(4,16-9-6-14(2)7-10-16)24(23-18)19-11-8-15(3)12-17(19)22/h6-12H,5,13H2,1-4H3. The van der Waals surface area contributed by atoms with Crippen LogP contribution in [0.4, 0.5) is 5.69 Å². The Hall–Kier alpha value is -2.33. The summed E-state index contributed by atoms with van der Waals surface area (Å²) in [6, 6.07) is 14.1. The van der Waals surface area contributed by atoms with Crippen LogP contribution in [-0.2, 0) is 15.1 Å². The summed E-state index contributed by atoms with van der Waals surface area (Å²) < 4.78 is 5.18. The monoisotopic (exact) mass is 370 g/mol. The van der Waals surface area contributed by atoms with Gasteiger partial charge in [0.25, 0.3) is 0 Å². The van der Waals surface area contributed by atoms with Gasteiger partial charge in [0.15, 0.2) is 0 Å². The Labute approximate surface area is 159 Å². The second kappa shape index (κ2) is 7.12. The fourth-order valence-electron chi connectivity index (χ4n) is 3.24. The van der Waals surface area contributed by atoms with Crippen molar-refractivity contribution in [1.29, 1.82) is 0 Å². The van der Waals surface area contributed by atoms with Gasteiger partial charge in [0.1, 0.15) is 5.71 Å². The van der Waals surface area contributed by atoms with Gasteiger partial charge < -0.3 is 4.74 Å². The summed E-state index contributed by atoms with van der Waals surface area (Å²) in [5.41, 5.74) is 4.00. The van der Waals surface area contributed by atoms with Crippen LogP contribution in [0, 0.1) is 13.8 Å². The second-order valence-corrected chi connectivity index (χ2v) is 7.26. The predicted octanol–water partition coefficient (Wildman–Crippen LogP) is 5.00. The topological polar surface area (TPSA) is 41.9 Å². The molecule has 1 aliphatic rings. The molecule has 0 fully saturated rings. The first-order valence-corrected chi connectivity index (χ1v) is 9.11. The van der Waals surface area contributed by atoms with Gasteiger partial charge in [-0.25, -0.2) is 4.79 Å². The van der Waals surface area contributed by atoms with Crippen LogP contribution in [0.25, 0.3) is 0 Å². The van der Waals surface area contributed by atoms with Crippen LogP contribution in [0.1, 0.15) is 37.0 Å². The van der Waals surface area contributed by atoms with Gasteiger partial charge in [-0.1, -0.05) is 47.5 Å². The van der Waals surface area contributed by atoms with Crippen molar-refractivity contribution in [2.24, 2.45) is 5.10 Å². The quantitative estimate of drug-likeness (QED) is 0.711. The fourth-order valence-corrected chi connectivity index (χ4v) is 3.55. The molecule has 0 aliphatic carbocycles. The normalized spacial score (nSPS) is 19.4. The van der Waals surface area contributed by atoms with Gasteiger partial charge in [0.2, 0.25) is 0 Å². The Kier molecular flexibility index (Phi) is 5.05. The number of hydrogen-bond acceptors (Lipinski definition) is 4. The summed E-state index contributed by atoms with van der Waals surface area (Å²) >= 11 is 6.51. The number of carbonyl (C=O) groups excluding carboxylic acids is 1. The van der Waals surface area contributed by atoms with Gasteiger partial charge in [-0.15, -0.1) is 0 Å². The molecule has 4 nitrogen and oxygen atoms in total. The maximum atomic E-state index is 12.3. The van der Waals surface area contributed by atoms with E-state index in [1.807, 2.05) is 30.1 Å². The molecular formula is C21H23ClN2O2.